The van der Waals surface area contributed by atoms with Gasteiger partial charge in [-0.1, -0.05) is 58.3 Å². The lowest BCUT2D eigenvalue weighted by Crippen LogP contribution is -1.94. The van der Waals surface area contributed by atoms with Crippen molar-refractivity contribution in [3.05, 3.63) is 28.4 Å². The highest BCUT2D eigenvalue weighted by Crippen LogP contribution is 2.12. The molecule has 0 aliphatic carbocycles. The number of hydrogen-bond donors (Lipinski definition) is 1. The molecule has 0 radical (unpaired) electrons. The van der Waals surface area contributed by atoms with Gasteiger partial charge in [-0.3, -0.25) is 15.5 Å². The summed E-state index contributed by atoms with van der Waals surface area (Å²) in [5.74, 6) is 0.513. The van der Waals surface area contributed by atoms with Gasteiger partial charge >= 0.3 is 0 Å². The van der Waals surface area contributed by atoms with E-state index in [2.05, 4.69) is 22.4 Å². The maximum absolute atomic E-state index is 10.5. The second-order valence-electron chi connectivity index (χ2n) is 5.70. The number of unbranched alkanes of at least 4 members (excludes halogenated alkanes) is 9. The molecular weight excluding hydrogens is 292 g/mol. The largest absolute Gasteiger partial charge is 0.287 e. The van der Waals surface area contributed by atoms with Crippen LogP contribution in [0, 0.1) is 10.1 Å². The number of nitrogens with one attached hydrogen (secondary N) is 1. The van der Waals surface area contributed by atoms with E-state index in [0.717, 1.165) is 12.8 Å². The topological polar surface area (TPSA) is 80.4 Å². The van der Waals surface area contributed by atoms with E-state index in [1.807, 2.05) is 6.21 Å². The molecule has 0 atom stereocenters. The minimum Gasteiger partial charge on any atom is -0.262 e. The smallest absolute Gasteiger partial charge is 0.262 e. The zero-order valence-corrected chi connectivity index (χ0v) is 14.0. The summed E-state index contributed by atoms with van der Waals surface area (Å²) in [4.78, 5) is 14.0. The number of nitrogens with zero attached hydrogens (tertiary/aromatic N) is 3. The van der Waals surface area contributed by atoms with Crippen LogP contribution in [0.5, 0.6) is 0 Å². The average Bonchev–Trinajstić information content (AvgIpc) is 2.56. The number of hydrogen-bond acceptors (Lipinski definition) is 5. The van der Waals surface area contributed by atoms with Crippen LogP contribution in [0.15, 0.2) is 23.4 Å². The van der Waals surface area contributed by atoms with Crippen LogP contribution in [0.3, 0.4) is 0 Å². The van der Waals surface area contributed by atoms with Gasteiger partial charge in [0.05, 0.1) is 4.92 Å². The van der Waals surface area contributed by atoms with Crippen molar-refractivity contribution >= 4 is 17.7 Å². The van der Waals surface area contributed by atoms with Crippen molar-refractivity contribution in [2.75, 3.05) is 5.43 Å². The normalized spacial score (nSPS) is 11.0. The molecule has 0 saturated carbocycles. The first-order chi connectivity index (χ1) is 11.2. The third kappa shape index (κ3) is 9.60. The highest BCUT2D eigenvalue weighted by Gasteiger charge is 2.04. The fourth-order valence-corrected chi connectivity index (χ4v) is 2.28. The zero-order chi connectivity index (χ0) is 16.8. The molecule has 1 N–H and O–H groups in total. The second kappa shape index (κ2) is 12.6. The highest BCUT2D eigenvalue weighted by molar-refractivity contribution is 5.58. The standard InChI is InChI=1S/C17H28N4O2/c1-2-3-4-5-6-7-8-9-10-11-14-19-20-17-13-12-16(15-18-17)21(22)23/h12-15H,2-11H2,1H3,(H,18,20). The van der Waals surface area contributed by atoms with Crippen molar-refractivity contribution in [3.8, 4) is 0 Å². The number of aromatic nitrogens is 1. The molecule has 0 aliphatic heterocycles. The van der Waals surface area contributed by atoms with Crippen LogP contribution in [0.4, 0.5) is 11.5 Å². The van der Waals surface area contributed by atoms with Crippen LogP contribution in [0.1, 0.15) is 71.1 Å². The average molecular weight is 320 g/mol. The number of hydrazone groups is 1. The lowest BCUT2D eigenvalue weighted by atomic mass is 10.1. The molecule has 1 rings (SSSR count). The van der Waals surface area contributed by atoms with E-state index >= 15 is 0 Å². The molecule has 6 heteroatoms. The minimum absolute atomic E-state index is 0.0192. The predicted molar refractivity (Wildman–Crippen MR) is 94.9 cm³/mol. The summed E-state index contributed by atoms with van der Waals surface area (Å²) in [5, 5.41) is 14.6. The Morgan fingerprint density at radius 1 is 1.13 bits per heavy atom. The summed E-state index contributed by atoms with van der Waals surface area (Å²) in [7, 11) is 0. The molecule has 1 aromatic heterocycles. The van der Waals surface area contributed by atoms with E-state index in [1.165, 1.54) is 63.6 Å². The molecule has 6 nitrogen and oxygen atoms in total. The summed E-state index contributed by atoms with van der Waals surface area (Å²) >= 11 is 0. The zero-order valence-electron chi connectivity index (χ0n) is 14.0. The maximum Gasteiger partial charge on any atom is 0.287 e. The molecule has 128 valence electrons. The SMILES string of the molecule is CCCCCCCCCCCC=NNc1ccc([N+](=O)[O-])cn1. The van der Waals surface area contributed by atoms with Crippen LogP contribution >= 0.6 is 0 Å². The molecule has 0 amide bonds. The summed E-state index contributed by atoms with van der Waals surface area (Å²) < 4.78 is 0. The lowest BCUT2D eigenvalue weighted by Gasteiger charge is -2.01. The summed E-state index contributed by atoms with van der Waals surface area (Å²) in [5.41, 5.74) is 2.76. The van der Waals surface area contributed by atoms with Gasteiger partial charge in [-0.15, -0.1) is 0 Å². The van der Waals surface area contributed by atoms with Crippen LogP contribution in [-0.2, 0) is 0 Å². The first-order valence-corrected chi connectivity index (χ1v) is 8.62. The molecule has 1 aromatic rings. The Bertz CT molecular complexity index is 460. The van der Waals surface area contributed by atoms with Crippen LogP contribution in [0.25, 0.3) is 0 Å². The molecule has 1 heterocycles. The summed E-state index contributed by atoms with van der Waals surface area (Å²) in [6.07, 6.45) is 15.8. The minimum atomic E-state index is -0.468. The number of anilines is 1. The van der Waals surface area contributed by atoms with Gasteiger partial charge < -0.3 is 0 Å². The second-order valence-corrected chi connectivity index (χ2v) is 5.70. The first kappa shape index (κ1) is 19.1. The van der Waals surface area contributed by atoms with E-state index in [1.54, 1.807) is 6.07 Å². The molecule has 0 unspecified atom stereocenters. The van der Waals surface area contributed by atoms with Gasteiger partial charge in [-0.2, -0.15) is 5.10 Å². The molecule has 0 fully saturated rings. The molecule has 0 aliphatic rings. The Labute approximate surface area is 138 Å². The Morgan fingerprint density at radius 3 is 2.35 bits per heavy atom. The van der Waals surface area contributed by atoms with Crippen LogP contribution in [0.2, 0.25) is 0 Å². The van der Waals surface area contributed by atoms with E-state index in [9.17, 15) is 10.1 Å². The lowest BCUT2D eigenvalue weighted by molar-refractivity contribution is -0.385. The van der Waals surface area contributed by atoms with E-state index in [0.29, 0.717) is 5.82 Å². The highest BCUT2D eigenvalue weighted by atomic mass is 16.6. The Kier molecular flexibility index (Phi) is 10.4. The fraction of sp³-hybridized carbons (Fsp3) is 0.647. The van der Waals surface area contributed by atoms with Crippen molar-refractivity contribution in [2.24, 2.45) is 5.10 Å². The number of pyridine rings is 1. The molecule has 0 spiro atoms. The van der Waals surface area contributed by atoms with Gasteiger partial charge in [0.25, 0.3) is 5.69 Å². The monoisotopic (exact) mass is 320 g/mol. The number of rotatable bonds is 13. The number of nitro groups is 1. The van der Waals surface area contributed by atoms with Gasteiger partial charge in [0.1, 0.15) is 12.0 Å². The van der Waals surface area contributed by atoms with E-state index < -0.39 is 4.92 Å². The molecule has 0 aromatic carbocycles. The van der Waals surface area contributed by atoms with Gasteiger partial charge in [0.15, 0.2) is 0 Å². The van der Waals surface area contributed by atoms with Crippen molar-refractivity contribution in [2.45, 2.75) is 71.1 Å². The molecule has 0 saturated heterocycles. The van der Waals surface area contributed by atoms with Crippen molar-refractivity contribution in [1.82, 2.24) is 4.98 Å². The quantitative estimate of drug-likeness (QED) is 0.231. The third-order valence-electron chi connectivity index (χ3n) is 3.67. The molecule has 23 heavy (non-hydrogen) atoms. The first-order valence-electron chi connectivity index (χ1n) is 8.62. The fourth-order valence-electron chi connectivity index (χ4n) is 2.28. The maximum atomic E-state index is 10.5. The van der Waals surface area contributed by atoms with Gasteiger partial charge in [-0.05, 0) is 18.9 Å². The van der Waals surface area contributed by atoms with Crippen molar-refractivity contribution in [3.63, 3.8) is 0 Å². The Balaban J connectivity index is 1.99. The van der Waals surface area contributed by atoms with Gasteiger partial charge in [0, 0.05) is 12.3 Å². The Hall–Kier alpha value is -1.98. The third-order valence-corrected chi connectivity index (χ3v) is 3.67. The van der Waals surface area contributed by atoms with Crippen molar-refractivity contribution < 1.29 is 4.92 Å². The van der Waals surface area contributed by atoms with E-state index in [4.69, 9.17) is 0 Å². The molecule has 0 bridgehead atoms. The van der Waals surface area contributed by atoms with Crippen LogP contribution in [-0.4, -0.2) is 16.1 Å². The van der Waals surface area contributed by atoms with Crippen molar-refractivity contribution in [1.29, 1.82) is 0 Å². The summed E-state index contributed by atoms with van der Waals surface area (Å²) in [6, 6.07) is 2.96. The van der Waals surface area contributed by atoms with E-state index in [-0.39, 0.29) is 5.69 Å². The summed E-state index contributed by atoms with van der Waals surface area (Å²) in [6.45, 7) is 2.24. The Morgan fingerprint density at radius 2 is 1.78 bits per heavy atom. The van der Waals surface area contributed by atoms with Gasteiger partial charge in [-0.25, -0.2) is 4.98 Å². The van der Waals surface area contributed by atoms with Gasteiger partial charge in [0.2, 0.25) is 0 Å². The predicted octanol–water partition coefficient (Wildman–Crippen LogP) is 5.31. The van der Waals surface area contributed by atoms with Crippen LogP contribution < -0.4 is 5.43 Å². The molecular formula is C17H28N4O2.